The Bertz CT molecular complexity index is 492. The van der Waals surface area contributed by atoms with E-state index in [0.717, 1.165) is 29.6 Å². The number of aryl methyl sites for hydroxylation is 2. The number of hydrogen-bond donors (Lipinski definition) is 1. The van der Waals surface area contributed by atoms with Crippen LogP contribution in [0.25, 0.3) is 0 Å². The minimum absolute atomic E-state index is 0.192. The third-order valence-corrected chi connectivity index (χ3v) is 2.62. The molecule has 1 aromatic carbocycles. The number of nitrogens with zero attached hydrogens (tertiary/aromatic N) is 1. The zero-order chi connectivity index (χ0) is 13.3. The lowest BCUT2D eigenvalue weighted by Gasteiger charge is -2.13. The lowest BCUT2D eigenvalue weighted by molar-refractivity contribution is 0.219. The van der Waals surface area contributed by atoms with Crippen LogP contribution in [0, 0.1) is 25.5 Å². The van der Waals surface area contributed by atoms with Crippen molar-refractivity contribution in [2.75, 3.05) is 0 Å². The lowest BCUT2D eigenvalue weighted by atomic mass is 10.0. The van der Waals surface area contributed by atoms with E-state index < -0.39 is 17.7 Å². The second kappa shape index (κ2) is 4.82. The van der Waals surface area contributed by atoms with Crippen molar-refractivity contribution in [2.24, 2.45) is 0 Å². The molecule has 0 bridgehead atoms. The van der Waals surface area contributed by atoms with Crippen LogP contribution in [-0.4, -0.2) is 10.1 Å². The van der Waals surface area contributed by atoms with Gasteiger partial charge in [0.25, 0.3) is 0 Å². The van der Waals surface area contributed by atoms with Gasteiger partial charge < -0.3 is 5.11 Å². The Kier molecular flexibility index (Phi) is 3.39. The van der Waals surface area contributed by atoms with Gasteiger partial charge in [0.1, 0.15) is 17.7 Å². The summed E-state index contributed by atoms with van der Waals surface area (Å²) in [7, 11) is 0. The normalized spacial score (nSPS) is 12.5. The van der Waals surface area contributed by atoms with Crippen molar-refractivity contribution in [1.82, 2.24) is 4.98 Å². The maximum atomic E-state index is 13.1. The quantitative estimate of drug-likeness (QED) is 0.887. The van der Waals surface area contributed by atoms with Gasteiger partial charge in [0.15, 0.2) is 0 Å². The summed E-state index contributed by atoms with van der Waals surface area (Å²) in [4.78, 5) is 4.19. The van der Waals surface area contributed by atoms with Gasteiger partial charge in [0, 0.05) is 17.5 Å². The van der Waals surface area contributed by atoms with Crippen molar-refractivity contribution < 1.29 is 13.9 Å². The fourth-order valence-electron chi connectivity index (χ4n) is 1.95. The van der Waals surface area contributed by atoms with Crippen molar-refractivity contribution in [3.05, 3.63) is 64.5 Å². The fourth-order valence-corrected chi connectivity index (χ4v) is 1.95. The molecule has 1 unspecified atom stereocenters. The molecular weight excluding hydrogens is 236 g/mol. The molecule has 1 atom stereocenters. The van der Waals surface area contributed by atoms with Crippen LogP contribution in [0.1, 0.15) is 28.6 Å². The van der Waals surface area contributed by atoms with Gasteiger partial charge in [-0.25, -0.2) is 8.78 Å². The average molecular weight is 249 g/mol. The van der Waals surface area contributed by atoms with Crippen LogP contribution < -0.4 is 0 Å². The minimum Gasteiger partial charge on any atom is -0.384 e. The molecule has 0 spiro atoms. The Labute approximate surface area is 104 Å². The highest BCUT2D eigenvalue weighted by Crippen LogP contribution is 2.24. The zero-order valence-electron chi connectivity index (χ0n) is 10.1. The highest BCUT2D eigenvalue weighted by Gasteiger charge is 2.13. The summed E-state index contributed by atoms with van der Waals surface area (Å²) in [6.45, 7) is 3.60. The molecular formula is C14H13F2NO. The zero-order valence-corrected chi connectivity index (χ0v) is 10.1. The van der Waals surface area contributed by atoms with Gasteiger partial charge >= 0.3 is 0 Å². The summed E-state index contributed by atoms with van der Waals surface area (Å²) >= 11 is 0. The molecule has 0 radical (unpaired) electrons. The standard InChI is InChI=1S/C14H13F2NO/c1-8-3-10(4-9(2)17-8)14(18)11-5-12(15)7-13(16)6-11/h3-7,14,18H,1-2H3. The van der Waals surface area contributed by atoms with Crippen LogP contribution in [0.3, 0.4) is 0 Å². The SMILES string of the molecule is Cc1cc(C(O)c2cc(F)cc(F)c2)cc(C)n1. The number of rotatable bonds is 2. The van der Waals surface area contributed by atoms with E-state index in [9.17, 15) is 13.9 Å². The van der Waals surface area contributed by atoms with E-state index in [0.29, 0.717) is 5.56 Å². The highest BCUT2D eigenvalue weighted by atomic mass is 19.1. The van der Waals surface area contributed by atoms with Crippen molar-refractivity contribution in [3.63, 3.8) is 0 Å². The molecule has 0 saturated carbocycles. The van der Waals surface area contributed by atoms with Gasteiger partial charge in [0.2, 0.25) is 0 Å². The van der Waals surface area contributed by atoms with E-state index in [-0.39, 0.29) is 5.56 Å². The van der Waals surface area contributed by atoms with Crippen molar-refractivity contribution in [3.8, 4) is 0 Å². The number of aliphatic hydroxyl groups excluding tert-OH is 1. The second-order valence-electron chi connectivity index (χ2n) is 4.29. The Morgan fingerprint density at radius 3 is 1.83 bits per heavy atom. The van der Waals surface area contributed by atoms with E-state index in [1.165, 1.54) is 0 Å². The van der Waals surface area contributed by atoms with E-state index in [1.807, 2.05) is 0 Å². The first kappa shape index (κ1) is 12.6. The van der Waals surface area contributed by atoms with Crippen molar-refractivity contribution in [1.29, 1.82) is 0 Å². The van der Waals surface area contributed by atoms with Gasteiger partial charge in [-0.2, -0.15) is 0 Å². The summed E-state index contributed by atoms with van der Waals surface area (Å²) < 4.78 is 26.2. The molecule has 2 rings (SSSR count). The molecule has 0 saturated heterocycles. The number of halogens is 2. The Balaban J connectivity index is 2.43. The van der Waals surface area contributed by atoms with Crippen LogP contribution >= 0.6 is 0 Å². The first-order valence-corrected chi connectivity index (χ1v) is 5.55. The molecule has 2 nitrogen and oxygen atoms in total. The minimum atomic E-state index is -1.06. The molecule has 18 heavy (non-hydrogen) atoms. The maximum Gasteiger partial charge on any atom is 0.126 e. The second-order valence-corrected chi connectivity index (χ2v) is 4.29. The molecule has 0 fully saturated rings. The predicted molar refractivity (Wildman–Crippen MR) is 64.1 cm³/mol. The molecule has 0 aliphatic heterocycles. The largest absolute Gasteiger partial charge is 0.384 e. The molecule has 1 aromatic heterocycles. The number of aromatic nitrogens is 1. The van der Waals surface area contributed by atoms with Crippen LogP contribution in [0.2, 0.25) is 0 Å². The summed E-state index contributed by atoms with van der Waals surface area (Å²) in [5, 5.41) is 10.1. The number of benzene rings is 1. The number of aliphatic hydroxyl groups is 1. The van der Waals surface area contributed by atoms with E-state index in [2.05, 4.69) is 4.98 Å². The van der Waals surface area contributed by atoms with Gasteiger partial charge in [-0.3, -0.25) is 4.98 Å². The summed E-state index contributed by atoms with van der Waals surface area (Å²) in [5.41, 5.74) is 2.27. The van der Waals surface area contributed by atoms with Crippen LogP contribution in [-0.2, 0) is 0 Å². The summed E-state index contributed by atoms with van der Waals surface area (Å²) in [6, 6.07) is 6.41. The molecule has 0 amide bonds. The van der Waals surface area contributed by atoms with E-state index in [1.54, 1.807) is 26.0 Å². The molecule has 1 N–H and O–H groups in total. The van der Waals surface area contributed by atoms with Crippen LogP contribution in [0.5, 0.6) is 0 Å². The summed E-state index contributed by atoms with van der Waals surface area (Å²) in [5.74, 6) is -1.40. The van der Waals surface area contributed by atoms with Gasteiger partial charge in [-0.1, -0.05) is 0 Å². The average Bonchev–Trinajstić information content (AvgIpc) is 2.25. The molecule has 0 aliphatic carbocycles. The van der Waals surface area contributed by atoms with Gasteiger partial charge in [-0.05, 0) is 49.2 Å². The summed E-state index contributed by atoms with van der Waals surface area (Å²) in [6.07, 6.45) is -1.06. The molecule has 94 valence electrons. The third-order valence-electron chi connectivity index (χ3n) is 2.62. The third kappa shape index (κ3) is 2.71. The smallest absolute Gasteiger partial charge is 0.126 e. The first-order valence-electron chi connectivity index (χ1n) is 5.55. The van der Waals surface area contributed by atoms with Crippen molar-refractivity contribution in [2.45, 2.75) is 20.0 Å². The monoisotopic (exact) mass is 249 g/mol. The Hall–Kier alpha value is -1.81. The molecule has 4 heteroatoms. The highest BCUT2D eigenvalue weighted by molar-refractivity contribution is 5.32. The molecule has 1 heterocycles. The molecule has 0 aliphatic rings. The Morgan fingerprint density at radius 2 is 1.33 bits per heavy atom. The van der Waals surface area contributed by atoms with Gasteiger partial charge in [0.05, 0.1) is 0 Å². The van der Waals surface area contributed by atoms with Crippen molar-refractivity contribution >= 4 is 0 Å². The van der Waals surface area contributed by atoms with Gasteiger partial charge in [-0.15, -0.1) is 0 Å². The van der Waals surface area contributed by atoms with Crippen LogP contribution in [0.15, 0.2) is 30.3 Å². The fraction of sp³-hybridized carbons (Fsp3) is 0.214. The number of pyridine rings is 1. The predicted octanol–water partition coefficient (Wildman–Crippen LogP) is 3.06. The Morgan fingerprint density at radius 1 is 0.889 bits per heavy atom. The topological polar surface area (TPSA) is 33.1 Å². The van der Waals surface area contributed by atoms with E-state index in [4.69, 9.17) is 0 Å². The van der Waals surface area contributed by atoms with E-state index >= 15 is 0 Å². The maximum absolute atomic E-state index is 13.1. The van der Waals surface area contributed by atoms with Crippen LogP contribution in [0.4, 0.5) is 8.78 Å². The number of hydrogen-bond acceptors (Lipinski definition) is 2. The molecule has 2 aromatic rings. The lowest BCUT2D eigenvalue weighted by Crippen LogP contribution is -2.03. The first-order chi connectivity index (χ1) is 8.45.